The molecule has 0 radical (unpaired) electrons. The molecule has 0 aliphatic carbocycles. The van der Waals surface area contributed by atoms with Crippen molar-refractivity contribution in [1.29, 1.82) is 0 Å². The van der Waals surface area contributed by atoms with Gasteiger partial charge in [-0.25, -0.2) is 0 Å². The Bertz CT molecular complexity index is 1190. The van der Waals surface area contributed by atoms with E-state index in [1.54, 1.807) is 12.1 Å². The summed E-state index contributed by atoms with van der Waals surface area (Å²) in [7, 11) is 0. The average Bonchev–Trinajstić information content (AvgIpc) is 3.21. The van der Waals surface area contributed by atoms with Crippen molar-refractivity contribution in [2.45, 2.75) is 25.0 Å². The maximum Gasteiger partial charge on any atom is 0.234 e. The van der Waals surface area contributed by atoms with Gasteiger partial charge in [-0.2, -0.15) is 0 Å². The summed E-state index contributed by atoms with van der Waals surface area (Å²) >= 11 is 1.32. The topological polar surface area (TPSA) is 80.0 Å². The molecule has 0 atom stereocenters. The van der Waals surface area contributed by atoms with E-state index in [4.69, 9.17) is 0 Å². The van der Waals surface area contributed by atoms with Gasteiger partial charge in [0.25, 0.3) is 0 Å². The molecule has 1 aromatic heterocycles. The number of rotatable bonds is 8. The highest BCUT2D eigenvalue weighted by molar-refractivity contribution is 7.99. The number of phenolic OH excluding ortho intramolecular Hbond substituents is 1. The van der Waals surface area contributed by atoms with Gasteiger partial charge in [0.05, 0.1) is 17.9 Å². The van der Waals surface area contributed by atoms with Crippen molar-refractivity contribution in [3.05, 3.63) is 90.0 Å². The first-order valence-electron chi connectivity index (χ1n) is 10.4. The first-order valence-corrected chi connectivity index (χ1v) is 11.4. The van der Waals surface area contributed by atoms with E-state index in [9.17, 15) is 9.90 Å². The first kappa shape index (κ1) is 21.6. The zero-order valence-corrected chi connectivity index (χ0v) is 18.5. The normalized spacial score (nSPS) is 10.8. The molecule has 0 bridgehead atoms. The van der Waals surface area contributed by atoms with Gasteiger partial charge in [0.1, 0.15) is 5.75 Å². The predicted octanol–water partition coefficient (Wildman–Crippen LogP) is 4.99. The molecular formula is C25H24N4O2S. The minimum atomic E-state index is -0.113. The Kier molecular flexibility index (Phi) is 6.87. The lowest BCUT2D eigenvalue weighted by Gasteiger charge is -2.11. The fourth-order valence-electron chi connectivity index (χ4n) is 3.32. The molecule has 3 aromatic carbocycles. The molecule has 4 rings (SSSR count). The molecule has 0 aliphatic heterocycles. The van der Waals surface area contributed by atoms with Crippen LogP contribution in [-0.4, -0.2) is 31.5 Å². The van der Waals surface area contributed by atoms with E-state index >= 15 is 0 Å². The third kappa shape index (κ3) is 5.18. The van der Waals surface area contributed by atoms with Crippen LogP contribution in [-0.2, 0) is 17.8 Å². The SMILES string of the molecule is CCc1ccc(NC(=O)CSc2nnc(-c3ccccc3O)n2Cc2ccccc2)cc1. The number of nitrogens with zero attached hydrogens (tertiary/aromatic N) is 3. The lowest BCUT2D eigenvalue weighted by Crippen LogP contribution is -2.15. The minimum Gasteiger partial charge on any atom is -0.507 e. The number of aryl methyl sites for hydroxylation is 1. The maximum atomic E-state index is 12.5. The number of nitrogens with one attached hydrogen (secondary N) is 1. The standard InChI is InChI=1S/C25H24N4O2S/c1-2-18-12-14-20(15-13-18)26-23(31)17-32-25-28-27-24(21-10-6-7-11-22(21)30)29(25)16-19-8-4-3-5-9-19/h3-15,30H,2,16-17H2,1H3,(H,26,31). The van der Waals surface area contributed by atoms with E-state index in [-0.39, 0.29) is 17.4 Å². The van der Waals surface area contributed by atoms with E-state index in [2.05, 4.69) is 22.4 Å². The van der Waals surface area contributed by atoms with Crippen LogP contribution in [0.5, 0.6) is 5.75 Å². The number of hydrogen-bond donors (Lipinski definition) is 2. The van der Waals surface area contributed by atoms with Gasteiger partial charge >= 0.3 is 0 Å². The molecule has 0 aliphatic rings. The largest absolute Gasteiger partial charge is 0.507 e. The molecule has 7 heteroatoms. The number of hydrogen-bond acceptors (Lipinski definition) is 5. The fraction of sp³-hybridized carbons (Fsp3) is 0.160. The van der Waals surface area contributed by atoms with E-state index in [0.717, 1.165) is 17.7 Å². The Balaban J connectivity index is 1.53. The summed E-state index contributed by atoms with van der Waals surface area (Å²) in [5.74, 6) is 0.783. The molecule has 0 saturated heterocycles. The molecule has 32 heavy (non-hydrogen) atoms. The second-order valence-corrected chi connectivity index (χ2v) is 8.22. The molecule has 1 amide bonds. The quantitative estimate of drug-likeness (QED) is 0.374. The van der Waals surface area contributed by atoms with Crippen molar-refractivity contribution in [3.8, 4) is 17.1 Å². The molecule has 0 spiro atoms. The second-order valence-electron chi connectivity index (χ2n) is 7.28. The molecule has 2 N–H and O–H groups in total. The second kappa shape index (κ2) is 10.2. The molecule has 162 valence electrons. The summed E-state index contributed by atoms with van der Waals surface area (Å²) in [4.78, 5) is 12.5. The van der Waals surface area contributed by atoms with Gasteiger partial charge in [0, 0.05) is 5.69 Å². The third-order valence-corrected chi connectivity index (χ3v) is 5.99. The van der Waals surface area contributed by atoms with Crippen molar-refractivity contribution >= 4 is 23.4 Å². The summed E-state index contributed by atoms with van der Waals surface area (Å²) in [5, 5.41) is 22.5. The zero-order chi connectivity index (χ0) is 22.3. The monoisotopic (exact) mass is 444 g/mol. The number of carbonyl (C=O) groups is 1. The molecule has 0 saturated carbocycles. The van der Waals surface area contributed by atoms with Crippen LogP contribution in [0.25, 0.3) is 11.4 Å². The lowest BCUT2D eigenvalue weighted by molar-refractivity contribution is -0.113. The average molecular weight is 445 g/mol. The van der Waals surface area contributed by atoms with Crippen LogP contribution >= 0.6 is 11.8 Å². The van der Waals surface area contributed by atoms with Crippen LogP contribution in [0.2, 0.25) is 0 Å². The van der Waals surface area contributed by atoms with Crippen LogP contribution in [0.3, 0.4) is 0 Å². The highest BCUT2D eigenvalue weighted by Crippen LogP contribution is 2.30. The molecular weight excluding hydrogens is 420 g/mol. The zero-order valence-electron chi connectivity index (χ0n) is 17.7. The Morgan fingerprint density at radius 2 is 1.66 bits per heavy atom. The smallest absolute Gasteiger partial charge is 0.234 e. The summed E-state index contributed by atoms with van der Waals surface area (Å²) in [6.45, 7) is 2.62. The number of aromatic hydroxyl groups is 1. The number of amides is 1. The van der Waals surface area contributed by atoms with Crippen molar-refractivity contribution < 1.29 is 9.90 Å². The Morgan fingerprint density at radius 1 is 0.938 bits per heavy atom. The van der Waals surface area contributed by atoms with Crippen molar-refractivity contribution in [2.24, 2.45) is 0 Å². The molecule has 0 unspecified atom stereocenters. The summed E-state index contributed by atoms with van der Waals surface area (Å²) in [6.07, 6.45) is 0.959. The lowest BCUT2D eigenvalue weighted by atomic mass is 10.1. The molecule has 0 fully saturated rings. The van der Waals surface area contributed by atoms with Gasteiger partial charge in [0.2, 0.25) is 5.91 Å². The van der Waals surface area contributed by atoms with Gasteiger partial charge in [-0.3, -0.25) is 9.36 Å². The number of benzene rings is 3. The van der Waals surface area contributed by atoms with Gasteiger partial charge < -0.3 is 10.4 Å². The van der Waals surface area contributed by atoms with Crippen LogP contribution in [0.15, 0.2) is 84.0 Å². The number of aromatic nitrogens is 3. The highest BCUT2D eigenvalue weighted by atomic mass is 32.2. The predicted molar refractivity (Wildman–Crippen MR) is 128 cm³/mol. The Morgan fingerprint density at radius 3 is 2.38 bits per heavy atom. The van der Waals surface area contributed by atoms with Gasteiger partial charge in [0.15, 0.2) is 11.0 Å². The number of para-hydroxylation sites is 1. The van der Waals surface area contributed by atoms with Crippen molar-refractivity contribution in [2.75, 3.05) is 11.1 Å². The van der Waals surface area contributed by atoms with Crippen molar-refractivity contribution in [1.82, 2.24) is 14.8 Å². The summed E-state index contributed by atoms with van der Waals surface area (Å²) in [5.41, 5.74) is 3.67. The van der Waals surface area contributed by atoms with Gasteiger partial charge in [-0.15, -0.1) is 10.2 Å². The van der Waals surface area contributed by atoms with Crippen LogP contribution in [0.4, 0.5) is 5.69 Å². The number of thioether (sulfide) groups is 1. The molecule has 6 nitrogen and oxygen atoms in total. The van der Waals surface area contributed by atoms with Crippen LogP contribution in [0, 0.1) is 0 Å². The number of carbonyl (C=O) groups excluding carboxylic acids is 1. The van der Waals surface area contributed by atoms with E-state index in [1.165, 1.54) is 17.3 Å². The number of anilines is 1. The maximum absolute atomic E-state index is 12.5. The summed E-state index contributed by atoms with van der Waals surface area (Å²) < 4.78 is 1.93. The van der Waals surface area contributed by atoms with Gasteiger partial charge in [-0.1, -0.05) is 73.3 Å². The fourth-order valence-corrected chi connectivity index (χ4v) is 4.05. The summed E-state index contributed by atoms with van der Waals surface area (Å²) in [6, 6.07) is 24.9. The van der Waals surface area contributed by atoms with Crippen LogP contribution in [0.1, 0.15) is 18.1 Å². The van der Waals surface area contributed by atoms with E-state index in [0.29, 0.717) is 23.1 Å². The minimum absolute atomic E-state index is 0.113. The van der Waals surface area contributed by atoms with E-state index in [1.807, 2.05) is 71.3 Å². The third-order valence-electron chi connectivity index (χ3n) is 5.02. The molecule has 4 aromatic rings. The van der Waals surface area contributed by atoms with Crippen molar-refractivity contribution in [3.63, 3.8) is 0 Å². The van der Waals surface area contributed by atoms with E-state index < -0.39 is 0 Å². The Hall–Kier alpha value is -3.58. The number of phenols is 1. The molecule has 1 heterocycles. The Labute approximate surface area is 191 Å². The highest BCUT2D eigenvalue weighted by Gasteiger charge is 2.18. The first-order chi connectivity index (χ1) is 15.6. The van der Waals surface area contributed by atoms with Crippen LogP contribution < -0.4 is 5.32 Å². The van der Waals surface area contributed by atoms with Gasteiger partial charge in [-0.05, 0) is 41.8 Å².